The fraction of sp³-hybridized carbons (Fsp3) is 1.00. The molecule has 0 bridgehead atoms. The summed E-state index contributed by atoms with van der Waals surface area (Å²) in [6, 6.07) is 0.329. The minimum atomic E-state index is -0.321. The molecular formula is C11H24N2O3. The number of morpholine rings is 1. The molecule has 2 atom stereocenters. The number of ether oxygens (including phenoxy) is 3. The van der Waals surface area contributed by atoms with Crippen molar-refractivity contribution in [1.29, 1.82) is 0 Å². The molecule has 2 N–H and O–H groups in total. The molecule has 1 fully saturated rings. The highest BCUT2D eigenvalue weighted by Gasteiger charge is 2.42. The normalized spacial score (nSPS) is 27.0. The molecule has 16 heavy (non-hydrogen) atoms. The van der Waals surface area contributed by atoms with Crippen LogP contribution in [0.5, 0.6) is 0 Å². The van der Waals surface area contributed by atoms with Crippen LogP contribution in [0.25, 0.3) is 0 Å². The summed E-state index contributed by atoms with van der Waals surface area (Å²) < 4.78 is 16.2. The number of hydrogen-bond acceptors (Lipinski definition) is 5. The van der Waals surface area contributed by atoms with Gasteiger partial charge in [-0.05, 0) is 13.8 Å². The van der Waals surface area contributed by atoms with Gasteiger partial charge in [0.05, 0.1) is 18.8 Å². The van der Waals surface area contributed by atoms with Crippen LogP contribution in [0, 0.1) is 0 Å². The lowest BCUT2D eigenvalue weighted by molar-refractivity contribution is -0.200. The minimum Gasteiger partial charge on any atom is -0.379 e. The van der Waals surface area contributed by atoms with Gasteiger partial charge in [0.25, 0.3) is 0 Å². The zero-order valence-corrected chi connectivity index (χ0v) is 10.7. The monoisotopic (exact) mass is 232 g/mol. The summed E-state index contributed by atoms with van der Waals surface area (Å²) in [7, 11) is 3.29. The van der Waals surface area contributed by atoms with E-state index in [1.807, 2.05) is 0 Å². The molecule has 0 aromatic heterocycles. The molecule has 1 rings (SSSR count). The molecule has 0 aromatic carbocycles. The van der Waals surface area contributed by atoms with E-state index in [2.05, 4.69) is 18.7 Å². The molecule has 1 aliphatic rings. The highest BCUT2D eigenvalue weighted by Crippen LogP contribution is 2.25. The van der Waals surface area contributed by atoms with Gasteiger partial charge in [0.2, 0.25) is 0 Å². The van der Waals surface area contributed by atoms with Gasteiger partial charge in [-0.3, -0.25) is 4.90 Å². The van der Waals surface area contributed by atoms with Crippen LogP contribution in [0.4, 0.5) is 0 Å². The van der Waals surface area contributed by atoms with Crippen LogP contribution >= 0.6 is 0 Å². The Balaban J connectivity index is 2.83. The van der Waals surface area contributed by atoms with Crippen LogP contribution in [-0.2, 0) is 14.2 Å². The van der Waals surface area contributed by atoms with E-state index in [0.29, 0.717) is 12.6 Å². The number of nitrogens with two attached hydrogens (primary N) is 1. The molecule has 0 radical (unpaired) electrons. The summed E-state index contributed by atoms with van der Waals surface area (Å²) >= 11 is 0. The molecule has 0 spiro atoms. The number of nitrogens with zero attached hydrogens (tertiary/aromatic N) is 1. The highest BCUT2D eigenvalue weighted by molar-refractivity contribution is 4.94. The summed E-state index contributed by atoms with van der Waals surface area (Å²) in [6.45, 7) is 7.03. The molecule has 5 nitrogen and oxygen atoms in total. The van der Waals surface area contributed by atoms with Crippen molar-refractivity contribution < 1.29 is 14.2 Å². The van der Waals surface area contributed by atoms with E-state index in [1.54, 1.807) is 14.2 Å². The van der Waals surface area contributed by atoms with Crippen molar-refractivity contribution in [2.45, 2.75) is 31.7 Å². The number of methoxy groups -OCH3 is 2. The van der Waals surface area contributed by atoms with Gasteiger partial charge in [-0.25, -0.2) is 0 Å². The smallest absolute Gasteiger partial charge is 0.176 e. The van der Waals surface area contributed by atoms with Gasteiger partial charge in [0.15, 0.2) is 6.29 Å². The summed E-state index contributed by atoms with van der Waals surface area (Å²) in [5, 5.41) is 0. The molecule has 1 aliphatic heterocycles. The van der Waals surface area contributed by atoms with Crippen LogP contribution in [0.15, 0.2) is 0 Å². The Labute approximate surface area is 97.8 Å². The molecule has 0 aliphatic carbocycles. The van der Waals surface area contributed by atoms with Crippen molar-refractivity contribution in [1.82, 2.24) is 4.90 Å². The Hall–Kier alpha value is -0.200. The molecular weight excluding hydrogens is 208 g/mol. The molecule has 0 saturated carbocycles. The predicted molar refractivity (Wildman–Crippen MR) is 62.3 cm³/mol. The average molecular weight is 232 g/mol. The summed E-state index contributed by atoms with van der Waals surface area (Å²) in [5.41, 5.74) is 5.60. The maximum absolute atomic E-state index is 5.91. The fourth-order valence-corrected chi connectivity index (χ4v) is 2.44. The van der Waals surface area contributed by atoms with Gasteiger partial charge in [0.1, 0.15) is 0 Å². The van der Waals surface area contributed by atoms with E-state index in [4.69, 9.17) is 19.9 Å². The van der Waals surface area contributed by atoms with Crippen molar-refractivity contribution in [2.24, 2.45) is 5.73 Å². The third-order valence-electron chi connectivity index (χ3n) is 3.37. The van der Waals surface area contributed by atoms with Crippen LogP contribution < -0.4 is 5.73 Å². The first-order valence-electron chi connectivity index (χ1n) is 5.70. The molecule has 0 aromatic rings. The van der Waals surface area contributed by atoms with Crippen molar-refractivity contribution in [2.75, 3.05) is 40.5 Å². The molecule has 1 saturated heterocycles. The van der Waals surface area contributed by atoms with E-state index in [1.165, 1.54) is 0 Å². The quantitative estimate of drug-likeness (QED) is 0.678. The third-order valence-corrected chi connectivity index (χ3v) is 3.37. The van der Waals surface area contributed by atoms with E-state index in [-0.39, 0.29) is 11.8 Å². The second kappa shape index (κ2) is 5.93. The van der Waals surface area contributed by atoms with Crippen LogP contribution in [-0.4, -0.2) is 63.3 Å². The maximum Gasteiger partial charge on any atom is 0.176 e. The predicted octanol–water partition coefficient (Wildman–Crippen LogP) is 0.0434. The standard InChI is InChI=1S/C11H24N2O3/c1-9-7-16-6-5-13(9)11(2,8-12)10(14-3)15-4/h9-10H,5-8,12H2,1-4H3. The number of hydrogen-bond donors (Lipinski definition) is 1. The molecule has 96 valence electrons. The van der Waals surface area contributed by atoms with Gasteiger partial charge in [-0.1, -0.05) is 0 Å². The average Bonchev–Trinajstić information content (AvgIpc) is 2.30. The first-order valence-corrected chi connectivity index (χ1v) is 5.70. The second-order valence-corrected chi connectivity index (χ2v) is 4.48. The molecule has 2 unspecified atom stereocenters. The van der Waals surface area contributed by atoms with Crippen molar-refractivity contribution >= 4 is 0 Å². The second-order valence-electron chi connectivity index (χ2n) is 4.48. The Kier molecular flexibility index (Phi) is 5.14. The molecule has 5 heteroatoms. The topological polar surface area (TPSA) is 57.0 Å². The Morgan fingerprint density at radius 3 is 2.56 bits per heavy atom. The van der Waals surface area contributed by atoms with Gasteiger partial charge < -0.3 is 19.9 Å². The zero-order chi connectivity index (χ0) is 12.2. The molecule has 0 amide bonds. The van der Waals surface area contributed by atoms with Crippen molar-refractivity contribution in [3.05, 3.63) is 0 Å². The lowest BCUT2D eigenvalue weighted by Gasteiger charge is -2.48. The van der Waals surface area contributed by atoms with Gasteiger partial charge in [-0.15, -0.1) is 0 Å². The van der Waals surface area contributed by atoms with Crippen molar-refractivity contribution in [3.63, 3.8) is 0 Å². The first-order chi connectivity index (χ1) is 7.60. The SMILES string of the molecule is COC(OC)C(C)(CN)N1CCOCC1C. The van der Waals surface area contributed by atoms with E-state index in [9.17, 15) is 0 Å². The Bertz CT molecular complexity index is 211. The fourth-order valence-electron chi connectivity index (χ4n) is 2.44. The number of rotatable bonds is 5. The maximum atomic E-state index is 5.91. The first kappa shape index (κ1) is 13.9. The van der Waals surface area contributed by atoms with E-state index < -0.39 is 0 Å². The van der Waals surface area contributed by atoms with Crippen LogP contribution in [0.1, 0.15) is 13.8 Å². The van der Waals surface area contributed by atoms with E-state index >= 15 is 0 Å². The summed E-state index contributed by atoms with van der Waals surface area (Å²) in [4.78, 5) is 2.31. The lowest BCUT2D eigenvalue weighted by atomic mass is 9.96. The lowest BCUT2D eigenvalue weighted by Crippen LogP contribution is -2.65. The van der Waals surface area contributed by atoms with Gasteiger partial charge in [0, 0.05) is 33.4 Å². The summed E-state index contributed by atoms with van der Waals surface area (Å²) in [5.74, 6) is 0. The zero-order valence-electron chi connectivity index (χ0n) is 10.7. The van der Waals surface area contributed by atoms with Crippen LogP contribution in [0.2, 0.25) is 0 Å². The van der Waals surface area contributed by atoms with Gasteiger partial charge in [-0.2, -0.15) is 0 Å². The van der Waals surface area contributed by atoms with E-state index in [0.717, 1.165) is 19.8 Å². The van der Waals surface area contributed by atoms with Gasteiger partial charge >= 0.3 is 0 Å². The van der Waals surface area contributed by atoms with Crippen LogP contribution in [0.3, 0.4) is 0 Å². The van der Waals surface area contributed by atoms with Crippen molar-refractivity contribution in [3.8, 4) is 0 Å². The minimum absolute atomic E-state index is 0.313. The highest BCUT2D eigenvalue weighted by atomic mass is 16.7. The summed E-state index contributed by atoms with van der Waals surface area (Å²) in [6.07, 6.45) is -0.321. The third kappa shape index (κ3) is 2.55. The largest absolute Gasteiger partial charge is 0.379 e. The Morgan fingerprint density at radius 2 is 2.12 bits per heavy atom. The Morgan fingerprint density at radius 1 is 1.50 bits per heavy atom. The molecule has 1 heterocycles.